The van der Waals surface area contributed by atoms with Crippen molar-refractivity contribution in [3.05, 3.63) is 30.6 Å². The van der Waals surface area contributed by atoms with Crippen LogP contribution in [0.2, 0.25) is 0 Å². The minimum absolute atomic E-state index is 0.00662. The Labute approximate surface area is 117 Å². The molecule has 1 saturated heterocycles. The van der Waals surface area contributed by atoms with E-state index in [1.54, 1.807) is 22.9 Å². The molecule has 1 aromatic rings. The first-order valence-corrected chi connectivity index (χ1v) is 6.32. The summed E-state index contributed by atoms with van der Waals surface area (Å²) in [6.45, 7) is 4.48. The highest BCUT2D eigenvalue weighted by Crippen LogP contribution is 2.27. The van der Waals surface area contributed by atoms with Crippen molar-refractivity contribution in [1.29, 1.82) is 0 Å². The summed E-state index contributed by atoms with van der Waals surface area (Å²) in [5, 5.41) is 4.14. The van der Waals surface area contributed by atoms with Crippen LogP contribution in [0, 0.1) is 0 Å². The van der Waals surface area contributed by atoms with Crippen molar-refractivity contribution in [1.82, 2.24) is 14.7 Å². The first-order valence-electron chi connectivity index (χ1n) is 6.32. The number of rotatable bonds is 5. The molecule has 2 atom stereocenters. The Balaban J connectivity index is 2.15. The van der Waals surface area contributed by atoms with Crippen LogP contribution in [0.25, 0.3) is 0 Å². The summed E-state index contributed by atoms with van der Waals surface area (Å²) in [5.74, 6) is -0.640. The third-order valence-corrected chi connectivity index (χ3v) is 3.47. The van der Waals surface area contributed by atoms with Gasteiger partial charge in [-0.1, -0.05) is 6.58 Å². The molecule has 0 aliphatic carbocycles. The van der Waals surface area contributed by atoms with Gasteiger partial charge in [-0.05, 0) is 12.5 Å². The van der Waals surface area contributed by atoms with E-state index in [1.807, 2.05) is 0 Å². The molecule has 1 aliphatic heterocycles. The van der Waals surface area contributed by atoms with E-state index in [4.69, 9.17) is 10.5 Å². The van der Waals surface area contributed by atoms with Crippen LogP contribution >= 0.6 is 0 Å². The molecule has 0 bridgehead atoms. The number of methoxy groups -OCH3 is 1. The van der Waals surface area contributed by atoms with E-state index < -0.39 is 5.91 Å². The van der Waals surface area contributed by atoms with Crippen LogP contribution in [0.15, 0.2) is 25.0 Å². The van der Waals surface area contributed by atoms with Gasteiger partial charge in [-0.15, -0.1) is 0 Å². The molecule has 2 amide bonds. The van der Waals surface area contributed by atoms with Gasteiger partial charge in [0.25, 0.3) is 5.91 Å². The number of nitrogens with zero attached hydrogens (tertiary/aromatic N) is 3. The third-order valence-electron chi connectivity index (χ3n) is 3.47. The second-order valence-corrected chi connectivity index (χ2v) is 4.77. The fraction of sp³-hybridized carbons (Fsp3) is 0.462. The van der Waals surface area contributed by atoms with Gasteiger partial charge in [0.15, 0.2) is 0 Å². The number of aromatic nitrogens is 2. The molecule has 2 rings (SSSR count). The van der Waals surface area contributed by atoms with Gasteiger partial charge in [0.2, 0.25) is 5.91 Å². The standard InChI is InChI=1S/C13H18N4O3/c1-3-12(18)16-7-10(4-11(16)8-20-2)17-6-9(5-15-17)13(14)19/h3,5-6,10-11H,1,4,7-8H2,2H3,(H2,14,19)/t10-,11+/m0/s1. The summed E-state index contributed by atoms with van der Waals surface area (Å²) >= 11 is 0. The quantitative estimate of drug-likeness (QED) is 0.765. The number of ether oxygens (including phenoxy) is 1. The summed E-state index contributed by atoms with van der Waals surface area (Å²) in [4.78, 5) is 24.6. The molecule has 1 aliphatic rings. The highest BCUT2D eigenvalue weighted by Gasteiger charge is 2.35. The molecular weight excluding hydrogens is 260 g/mol. The van der Waals surface area contributed by atoms with Crippen molar-refractivity contribution in [3.8, 4) is 0 Å². The highest BCUT2D eigenvalue weighted by molar-refractivity contribution is 5.92. The Morgan fingerprint density at radius 3 is 2.95 bits per heavy atom. The minimum Gasteiger partial charge on any atom is -0.383 e. The Morgan fingerprint density at radius 1 is 1.65 bits per heavy atom. The van der Waals surface area contributed by atoms with Crippen LogP contribution in [0.5, 0.6) is 0 Å². The number of nitrogens with two attached hydrogens (primary N) is 1. The number of hydrogen-bond acceptors (Lipinski definition) is 4. The summed E-state index contributed by atoms with van der Waals surface area (Å²) in [7, 11) is 1.60. The maximum absolute atomic E-state index is 11.8. The molecule has 0 radical (unpaired) electrons. The zero-order valence-corrected chi connectivity index (χ0v) is 11.4. The molecule has 2 heterocycles. The number of carbonyl (C=O) groups is 2. The number of hydrogen-bond donors (Lipinski definition) is 1. The topological polar surface area (TPSA) is 90.5 Å². The average Bonchev–Trinajstić information content (AvgIpc) is 3.04. The van der Waals surface area contributed by atoms with Gasteiger partial charge in [0.1, 0.15) is 0 Å². The van der Waals surface area contributed by atoms with Crippen molar-refractivity contribution >= 4 is 11.8 Å². The first kappa shape index (κ1) is 14.3. The lowest BCUT2D eigenvalue weighted by Crippen LogP contribution is -2.37. The maximum Gasteiger partial charge on any atom is 0.251 e. The number of amides is 2. The lowest BCUT2D eigenvalue weighted by atomic mass is 10.2. The molecule has 0 aromatic carbocycles. The summed E-state index contributed by atoms with van der Waals surface area (Å²) < 4.78 is 6.83. The van der Waals surface area contributed by atoms with Gasteiger partial charge in [0.05, 0.1) is 30.5 Å². The Kier molecular flexibility index (Phi) is 4.19. The Bertz CT molecular complexity index is 525. The fourth-order valence-corrected chi connectivity index (χ4v) is 2.49. The SMILES string of the molecule is C=CC(=O)N1C[C@@H](n2cc(C(N)=O)cn2)C[C@@H]1COC. The molecule has 0 unspecified atom stereocenters. The van der Waals surface area contributed by atoms with Crippen LogP contribution < -0.4 is 5.73 Å². The van der Waals surface area contributed by atoms with Gasteiger partial charge >= 0.3 is 0 Å². The van der Waals surface area contributed by atoms with Crippen LogP contribution in [0.3, 0.4) is 0 Å². The van der Waals surface area contributed by atoms with Crippen molar-refractivity contribution in [2.24, 2.45) is 5.73 Å². The van der Waals surface area contributed by atoms with Crippen molar-refractivity contribution < 1.29 is 14.3 Å². The zero-order chi connectivity index (χ0) is 14.7. The van der Waals surface area contributed by atoms with Crippen LogP contribution in [0.4, 0.5) is 0 Å². The molecule has 2 N–H and O–H groups in total. The van der Waals surface area contributed by atoms with E-state index >= 15 is 0 Å². The lowest BCUT2D eigenvalue weighted by Gasteiger charge is -2.22. The zero-order valence-electron chi connectivity index (χ0n) is 11.4. The Morgan fingerprint density at radius 2 is 2.40 bits per heavy atom. The second kappa shape index (κ2) is 5.87. The summed E-state index contributed by atoms with van der Waals surface area (Å²) in [5.41, 5.74) is 5.57. The fourth-order valence-electron chi connectivity index (χ4n) is 2.49. The number of carbonyl (C=O) groups excluding carboxylic acids is 2. The van der Waals surface area contributed by atoms with Gasteiger partial charge in [-0.2, -0.15) is 5.10 Å². The minimum atomic E-state index is -0.512. The van der Waals surface area contributed by atoms with E-state index in [9.17, 15) is 9.59 Å². The van der Waals surface area contributed by atoms with Gasteiger partial charge in [-0.3, -0.25) is 14.3 Å². The molecule has 20 heavy (non-hydrogen) atoms. The van der Waals surface area contributed by atoms with Crippen molar-refractivity contribution in [2.75, 3.05) is 20.3 Å². The maximum atomic E-state index is 11.8. The summed E-state index contributed by atoms with van der Waals surface area (Å²) in [6.07, 6.45) is 5.06. The van der Waals surface area contributed by atoms with Gasteiger partial charge in [0, 0.05) is 19.9 Å². The summed E-state index contributed by atoms with van der Waals surface area (Å²) in [6, 6.07) is -0.0103. The van der Waals surface area contributed by atoms with Crippen LogP contribution in [0.1, 0.15) is 22.8 Å². The first-order chi connectivity index (χ1) is 9.56. The van der Waals surface area contributed by atoms with E-state index in [1.165, 1.54) is 12.3 Å². The van der Waals surface area contributed by atoms with E-state index in [0.29, 0.717) is 25.1 Å². The number of likely N-dealkylation sites (tertiary alicyclic amines) is 1. The van der Waals surface area contributed by atoms with Crippen LogP contribution in [-0.2, 0) is 9.53 Å². The van der Waals surface area contributed by atoms with E-state index in [-0.39, 0.29) is 18.0 Å². The largest absolute Gasteiger partial charge is 0.383 e. The van der Waals surface area contributed by atoms with Crippen molar-refractivity contribution in [3.63, 3.8) is 0 Å². The molecule has 0 spiro atoms. The monoisotopic (exact) mass is 278 g/mol. The molecule has 7 heteroatoms. The molecular formula is C13H18N4O3. The van der Waals surface area contributed by atoms with E-state index in [2.05, 4.69) is 11.7 Å². The Hall–Kier alpha value is -2.15. The molecule has 7 nitrogen and oxygen atoms in total. The average molecular weight is 278 g/mol. The molecule has 0 saturated carbocycles. The third kappa shape index (κ3) is 2.72. The molecule has 1 aromatic heterocycles. The van der Waals surface area contributed by atoms with Crippen LogP contribution in [-0.4, -0.2) is 52.8 Å². The lowest BCUT2D eigenvalue weighted by molar-refractivity contribution is -0.127. The predicted octanol–water partition coefficient (Wildman–Crippen LogP) is -0.0436. The smallest absolute Gasteiger partial charge is 0.251 e. The highest BCUT2D eigenvalue weighted by atomic mass is 16.5. The van der Waals surface area contributed by atoms with E-state index in [0.717, 1.165) is 0 Å². The van der Waals surface area contributed by atoms with Crippen molar-refractivity contribution in [2.45, 2.75) is 18.5 Å². The molecule has 108 valence electrons. The van der Waals surface area contributed by atoms with Gasteiger partial charge < -0.3 is 15.4 Å². The number of primary amides is 1. The molecule has 1 fully saturated rings. The van der Waals surface area contributed by atoms with Gasteiger partial charge in [-0.25, -0.2) is 0 Å². The normalized spacial score (nSPS) is 21.9. The second-order valence-electron chi connectivity index (χ2n) is 4.77. The predicted molar refractivity (Wildman–Crippen MR) is 72.0 cm³/mol.